The number of hydrogen-bond acceptors (Lipinski definition) is 3. The molecule has 1 saturated heterocycles. The van der Waals surface area contributed by atoms with Crippen molar-refractivity contribution in [1.29, 1.82) is 0 Å². The Kier molecular flexibility index (Phi) is 2.30. The van der Waals surface area contributed by atoms with Crippen LogP contribution in [0.15, 0.2) is 34.3 Å². The Morgan fingerprint density at radius 3 is 2.78 bits per heavy atom. The Labute approximate surface area is 103 Å². The van der Waals surface area contributed by atoms with E-state index >= 15 is 0 Å². The third-order valence-corrected chi connectivity index (χ3v) is 3.03. The molecule has 2 aromatic rings. The van der Waals surface area contributed by atoms with Crippen molar-refractivity contribution in [2.45, 2.75) is 13.3 Å². The maximum atomic E-state index is 11.5. The fraction of sp³-hybridized carbons (Fsp3) is 0.143. The third-order valence-electron chi connectivity index (χ3n) is 3.03. The highest BCUT2D eigenvalue weighted by atomic mass is 16.3. The van der Waals surface area contributed by atoms with E-state index in [2.05, 4.69) is 5.32 Å². The minimum absolute atomic E-state index is 0.137. The smallest absolute Gasteiger partial charge is 0.254 e. The Bertz CT molecular complexity index is 694. The van der Waals surface area contributed by atoms with Crippen molar-refractivity contribution in [2.24, 2.45) is 0 Å². The van der Waals surface area contributed by atoms with Crippen LogP contribution >= 0.6 is 0 Å². The van der Waals surface area contributed by atoms with Gasteiger partial charge in [0.15, 0.2) is 0 Å². The number of rotatable bonds is 1. The average molecular weight is 241 g/mol. The summed E-state index contributed by atoms with van der Waals surface area (Å²) in [7, 11) is 0. The monoisotopic (exact) mass is 241 g/mol. The van der Waals surface area contributed by atoms with Crippen molar-refractivity contribution in [3.8, 4) is 0 Å². The fourth-order valence-electron chi connectivity index (χ4n) is 2.16. The lowest BCUT2D eigenvalue weighted by molar-refractivity contribution is -0.124. The van der Waals surface area contributed by atoms with Crippen LogP contribution in [-0.4, -0.2) is 11.8 Å². The largest absolute Gasteiger partial charge is 0.461 e. The zero-order chi connectivity index (χ0) is 12.7. The first-order chi connectivity index (χ1) is 8.65. The second-order valence-corrected chi connectivity index (χ2v) is 4.29. The molecule has 3 rings (SSSR count). The standard InChI is InChI=1S/C14H11NO3/c1-8-11(6-9-7-13(16)15-14(9)17)10-4-2-3-5-12(10)18-8/h2-6H,7H2,1H3,(H,15,16,17)/b9-6-. The molecular formula is C14H11NO3. The van der Waals surface area contributed by atoms with E-state index in [1.165, 1.54) is 0 Å². The van der Waals surface area contributed by atoms with Gasteiger partial charge in [-0.2, -0.15) is 0 Å². The molecule has 1 fully saturated rings. The molecule has 1 aromatic heterocycles. The van der Waals surface area contributed by atoms with E-state index in [-0.39, 0.29) is 18.2 Å². The SMILES string of the molecule is Cc1oc2ccccc2c1/C=C1/CC(=O)NC1=O. The lowest BCUT2D eigenvalue weighted by Gasteiger charge is -1.94. The number of fused-ring (bicyclic) bond motifs is 1. The second-order valence-electron chi connectivity index (χ2n) is 4.29. The van der Waals surface area contributed by atoms with E-state index in [0.29, 0.717) is 5.57 Å². The molecule has 4 nitrogen and oxygen atoms in total. The molecule has 18 heavy (non-hydrogen) atoms. The summed E-state index contributed by atoms with van der Waals surface area (Å²) >= 11 is 0. The Balaban J connectivity index is 2.15. The summed E-state index contributed by atoms with van der Waals surface area (Å²) in [5.41, 5.74) is 2.13. The van der Waals surface area contributed by atoms with Crippen LogP contribution in [-0.2, 0) is 9.59 Å². The Morgan fingerprint density at radius 2 is 2.06 bits per heavy atom. The van der Waals surface area contributed by atoms with Gasteiger partial charge in [-0.05, 0) is 19.1 Å². The minimum atomic E-state index is -0.315. The molecule has 90 valence electrons. The molecule has 2 amide bonds. The van der Waals surface area contributed by atoms with Gasteiger partial charge in [0.05, 0.1) is 6.42 Å². The zero-order valence-corrected chi connectivity index (χ0v) is 9.82. The zero-order valence-electron chi connectivity index (χ0n) is 9.82. The molecule has 1 aliphatic rings. The number of carbonyl (C=O) groups excluding carboxylic acids is 2. The molecule has 2 heterocycles. The number of benzene rings is 1. The van der Waals surface area contributed by atoms with Crippen LogP contribution in [0.1, 0.15) is 17.7 Å². The van der Waals surface area contributed by atoms with Crippen LogP contribution in [0.25, 0.3) is 17.0 Å². The summed E-state index contributed by atoms with van der Waals surface area (Å²) in [6.07, 6.45) is 1.87. The number of nitrogens with one attached hydrogen (secondary N) is 1. The van der Waals surface area contributed by atoms with Crippen LogP contribution < -0.4 is 5.32 Å². The third kappa shape index (κ3) is 1.62. The predicted molar refractivity (Wildman–Crippen MR) is 66.7 cm³/mol. The fourth-order valence-corrected chi connectivity index (χ4v) is 2.16. The number of para-hydroxylation sites is 1. The van der Waals surface area contributed by atoms with E-state index in [4.69, 9.17) is 4.42 Å². The highest BCUT2D eigenvalue weighted by Crippen LogP contribution is 2.28. The van der Waals surface area contributed by atoms with Gasteiger partial charge in [-0.15, -0.1) is 0 Å². The van der Waals surface area contributed by atoms with Gasteiger partial charge in [0.2, 0.25) is 5.91 Å². The number of amides is 2. The van der Waals surface area contributed by atoms with Crippen molar-refractivity contribution >= 4 is 28.9 Å². The first-order valence-electron chi connectivity index (χ1n) is 5.68. The van der Waals surface area contributed by atoms with Crippen molar-refractivity contribution in [3.63, 3.8) is 0 Å². The summed E-state index contributed by atoms with van der Waals surface area (Å²) in [4.78, 5) is 22.7. The molecule has 1 aromatic carbocycles. The maximum absolute atomic E-state index is 11.5. The first kappa shape index (κ1) is 10.8. The van der Waals surface area contributed by atoms with E-state index in [9.17, 15) is 9.59 Å². The van der Waals surface area contributed by atoms with E-state index < -0.39 is 0 Å². The van der Waals surface area contributed by atoms with Crippen molar-refractivity contribution in [3.05, 3.63) is 41.2 Å². The molecule has 4 heteroatoms. The lowest BCUT2D eigenvalue weighted by Crippen LogP contribution is -2.19. The highest BCUT2D eigenvalue weighted by Gasteiger charge is 2.24. The normalized spacial score (nSPS) is 17.7. The topological polar surface area (TPSA) is 59.3 Å². The maximum Gasteiger partial charge on any atom is 0.254 e. The van der Waals surface area contributed by atoms with Gasteiger partial charge in [-0.25, -0.2) is 0 Å². The van der Waals surface area contributed by atoms with Gasteiger partial charge in [0.1, 0.15) is 11.3 Å². The molecule has 1 aliphatic heterocycles. The predicted octanol–water partition coefficient (Wildman–Crippen LogP) is 2.17. The van der Waals surface area contributed by atoms with Crippen molar-refractivity contribution < 1.29 is 14.0 Å². The number of imide groups is 1. The van der Waals surface area contributed by atoms with Gasteiger partial charge in [0.25, 0.3) is 5.91 Å². The van der Waals surface area contributed by atoms with E-state index in [0.717, 1.165) is 22.3 Å². The van der Waals surface area contributed by atoms with Crippen LogP contribution in [0, 0.1) is 6.92 Å². The molecule has 0 bridgehead atoms. The second kappa shape index (κ2) is 3.84. The quantitative estimate of drug-likeness (QED) is 0.615. The first-order valence-corrected chi connectivity index (χ1v) is 5.68. The van der Waals surface area contributed by atoms with Gasteiger partial charge < -0.3 is 4.42 Å². The van der Waals surface area contributed by atoms with Crippen LogP contribution in [0.3, 0.4) is 0 Å². The summed E-state index contributed by atoms with van der Waals surface area (Å²) in [5.74, 6) is 0.178. The molecule has 0 atom stereocenters. The van der Waals surface area contributed by atoms with Gasteiger partial charge in [-0.3, -0.25) is 14.9 Å². The molecule has 0 saturated carbocycles. The molecule has 0 aliphatic carbocycles. The molecule has 0 spiro atoms. The van der Waals surface area contributed by atoms with Crippen LogP contribution in [0.5, 0.6) is 0 Å². The number of carbonyl (C=O) groups is 2. The summed E-state index contributed by atoms with van der Waals surface area (Å²) in [5, 5.41) is 3.22. The van der Waals surface area contributed by atoms with Crippen LogP contribution in [0.4, 0.5) is 0 Å². The number of furan rings is 1. The van der Waals surface area contributed by atoms with E-state index in [1.54, 1.807) is 6.08 Å². The molecule has 1 N–H and O–H groups in total. The summed E-state index contributed by atoms with van der Waals surface area (Å²) in [6.45, 7) is 1.85. The Hall–Kier alpha value is -2.36. The lowest BCUT2D eigenvalue weighted by atomic mass is 10.1. The number of aryl methyl sites for hydroxylation is 1. The van der Waals surface area contributed by atoms with Gasteiger partial charge >= 0.3 is 0 Å². The van der Waals surface area contributed by atoms with Gasteiger partial charge in [-0.1, -0.05) is 18.2 Å². The number of hydrogen-bond donors (Lipinski definition) is 1. The summed E-state index contributed by atoms with van der Waals surface area (Å²) in [6, 6.07) is 7.63. The Morgan fingerprint density at radius 1 is 1.28 bits per heavy atom. The average Bonchev–Trinajstić information content (AvgIpc) is 2.81. The highest BCUT2D eigenvalue weighted by molar-refractivity contribution is 6.16. The van der Waals surface area contributed by atoms with Gasteiger partial charge in [0, 0.05) is 16.5 Å². The minimum Gasteiger partial charge on any atom is -0.461 e. The van der Waals surface area contributed by atoms with Crippen molar-refractivity contribution in [1.82, 2.24) is 5.32 Å². The molecule has 0 unspecified atom stereocenters. The van der Waals surface area contributed by atoms with Crippen LogP contribution in [0.2, 0.25) is 0 Å². The summed E-state index contributed by atoms with van der Waals surface area (Å²) < 4.78 is 5.61. The van der Waals surface area contributed by atoms with E-state index in [1.807, 2.05) is 31.2 Å². The van der Waals surface area contributed by atoms with Crippen molar-refractivity contribution in [2.75, 3.05) is 0 Å². The molecular weight excluding hydrogens is 230 g/mol. The molecule has 0 radical (unpaired) electrons.